The van der Waals surface area contributed by atoms with Crippen LogP contribution in [0.5, 0.6) is 0 Å². The Balaban J connectivity index is 1.38. The van der Waals surface area contributed by atoms with E-state index in [2.05, 4.69) is 0 Å². The first-order valence-corrected chi connectivity index (χ1v) is 10.2. The molecule has 1 aliphatic heterocycles. The van der Waals surface area contributed by atoms with E-state index in [4.69, 9.17) is 11.1 Å². The Morgan fingerprint density at radius 3 is 2.03 bits per heavy atom. The van der Waals surface area contributed by atoms with Crippen molar-refractivity contribution >= 4 is 23.2 Å². The normalized spacial score (nSPS) is 17.9. The van der Waals surface area contributed by atoms with Crippen LogP contribution < -0.4 is 5.73 Å². The number of nitrogen functional groups attached to an aromatic ring is 1. The Hall–Kier alpha value is -3.19. The highest BCUT2D eigenvalue weighted by Gasteiger charge is 2.45. The molecule has 4 N–H and O–H groups in total. The third kappa shape index (κ3) is 3.68. The third-order valence-electron chi connectivity index (χ3n) is 6.08. The highest BCUT2D eigenvalue weighted by atomic mass is 16.3. The number of carbonyl (C=O) groups is 2. The average molecular weight is 406 g/mol. The van der Waals surface area contributed by atoms with E-state index in [0.717, 1.165) is 6.42 Å². The molecular weight excluding hydrogens is 380 g/mol. The molecule has 1 saturated carbocycles. The van der Waals surface area contributed by atoms with Crippen LogP contribution in [-0.2, 0) is 4.79 Å². The second-order valence-electron chi connectivity index (χ2n) is 8.01. The van der Waals surface area contributed by atoms with Crippen LogP contribution in [0.2, 0.25) is 0 Å². The van der Waals surface area contributed by atoms with Crippen molar-refractivity contribution < 1.29 is 14.7 Å². The topological polar surface area (TPSA) is 111 Å². The van der Waals surface area contributed by atoms with Gasteiger partial charge >= 0.3 is 0 Å². The van der Waals surface area contributed by atoms with Gasteiger partial charge in [-0.25, -0.2) is 0 Å². The Bertz CT molecular complexity index is 974. The van der Waals surface area contributed by atoms with E-state index < -0.39 is 5.60 Å². The van der Waals surface area contributed by atoms with Gasteiger partial charge < -0.3 is 20.6 Å². The van der Waals surface area contributed by atoms with Crippen molar-refractivity contribution in [2.75, 3.05) is 31.9 Å². The summed E-state index contributed by atoms with van der Waals surface area (Å²) in [6.45, 7) is 1.75. The Morgan fingerprint density at radius 1 is 0.900 bits per heavy atom. The van der Waals surface area contributed by atoms with E-state index in [1.165, 1.54) is 0 Å². The number of hydrogen-bond donors (Lipinski definition) is 3. The summed E-state index contributed by atoms with van der Waals surface area (Å²) in [6, 6.07) is 14.2. The lowest BCUT2D eigenvalue weighted by Crippen LogP contribution is -2.58. The van der Waals surface area contributed by atoms with Crippen LogP contribution in [-0.4, -0.2) is 64.2 Å². The lowest BCUT2D eigenvalue weighted by atomic mass is 9.79. The minimum absolute atomic E-state index is 0.0956. The van der Waals surface area contributed by atoms with Gasteiger partial charge in [0, 0.05) is 48.6 Å². The summed E-state index contributed by atoms with van der Waals surface area (Å²) < 4.78 is 0. The summed E-state index contributed by atoms with van der Waals surface area (Å²) in [5.74, 6) is -0.300. The number of carbonyl (C=O) groups excluding carboxylic acids is 2. The van der Waals surface area contributed by atoms with Crippen LogP contribution in [0, 0.1) is 5.41 Å². The number of benzene rings is 2. The molecule has 2 aromatic rings. The van der Waals surface area contributed by atoms with E-state index in [1.807, 2.05) is 12.1 Å². The summed E-state index contributed by atoms with van der Waals surface area (Å²) >= 11 is 0. The Kier molecular flexibility index (Phi) is 5.30. The van der Waals surface area contributed by atoms with Crippen molar-refractivity contribution in [2.24, 2.45) is 0 Å². The summed E-state index contributed by atoms with van der Waals surface area (Å²) in [5, 5.41) is 18.6. The fraction of sp³-hybridized carbons (Fsp3) is 0.348. The first kappa shape index (κ1) is 20.1. The molecule has 0 bridgehead atoms. The largest absolute Gasteiger partial charge is 0.398 e. The van der Waals surface area contributed by atoms with Crippen LogP contribution in [0.15, 0.2) is 48.5 Å². The number of nitrogens with one attached hydrogen (secondary N) is 1. The average Bonchev–Trinajstić information content (AvgIpc) is 2.76. The summed E-state index contributed by atoms with van der Waals surface area (Å²) in [6.07, 6.45) is 1.94. The maximum Gasteiger partial charge on any atom is 0.254 e. The number of piperazine rings is 1. The molecule has 1 heterocycles. The van der Waals surface area contributed by atoms with Gasteiger partial charge in [-0.2, -0.15) is 0 Å². The van der Waals surface area contributed by atoms with E-state index in [-0.39, 0.29) is 11.8 Å². The smallest absolute Gasteiger partial charge is 0.254 e. The van der Waals surface area contributed by atoms with Gasteiger partial charge in [0.15, 0.2) is 0 Å². The zero-order chi connectivity index (χ0) is 21.3. The molecule has 0 unspecified atom stereocenters. The maximum absolute atomic E-state index is 12.8. The quantitative estimate of drug-likeness (QED) is 0.532. The minimum Gasteiger partial charge on any atom is -0.398 e. The van der Waals surface area contributed by atoms with Crippen molar-refractivity contribution in [1.29, 1.82) is 5.41 Å². The van der Waals surface area contributed by atoms with Gasteiger partial charge in [-0.1, -0.05) is 30.3 Å². The van der Waals surface area contributed by atoms with E-state index in [0.29, 0.717) is 67.1 Å². The maximum atomic E-state index is 12.8. The number of anilines is 1. The first-order valence-electron chi connectivity index (χ1n) is 10.2. The molecule has 0 spiro atoms. The molecule has 0 aromatic heterocycles. The van der Waals surface area contributed by atoms with Gasteiger partial charge in [0.25, 0.3) is 11.8 Å². The van der Waals surface area contributed by atoms with Gasteiger partial charge in [-0.3, -0.25) is 15.0 Å². The molecule has 0 radical (unpaired) electrons. The van der Waals surface area contributed by atoms with Crippen molar-refractivity contribution in [3.63, 3.8) is 0 Å². The Labute approximate surface area is 175 Å². The second-order valence-corrected chi connectivity index (χ2v) is 8.01. The number of amides is 2. The molecule has 2 amide bonds. The molecule has 7 heteroatoms. The summed E-state index contributed by atoms with van der Waals surface area (Å²) in [7, 11) is 0. The van der Waals surface area contributed by atoms with E-state index in [1.54, 1.807) is 46.2 Å². The van der Waals surface area contributed by atoms with Crippen molar-refractivity contribution in [1.82, 2.24) is 9.80 Å². The van der Waals surface area contributed by atoms with Crippen LogP contribution in [0.1, 0.15) is 40.7 Å². The monoisotopic (exact) mass is 406 g/mol. The molecule has 2 aromatic carbocycles. The molecule has 2 fully saturated rings. The first-order chi connectivity index (χ1) is 14.4. The third-order valence-corrected chi connectivity index (χ3v) is 6.08. The molecule has 4 rings (SSSR count). The lowest BCUT2D eigenvalue weighted by Gasteiger charge is -2.42. The van der Waals surface area contributed by atoms with Gasteiger partial charge in [0.1, 0.15) is 5.60 Å². The molecule has 156 valence electrons. The highest BCUT2D eigenvalue weighted by molar-refractivity contribution is 6.14. The van der Waals surface area contributed by atoms with E-state index in [9.17, 15) is 14.7 Å². The molecule has 1 aliphatic carbocycles. The lowest BCUT2D eigenvalue weighted by molar-refractivity contribution is -0.161. The van der Waals surface area contributed by atoms with Crippen LogP contribution in [0.3, 0.4) is 0 Å². The fourth-order valence-electron chi connectivity index (χ4n) is 3.97. The summed E-state index contributed by atoms with van der Waals surface area (Å²) in [5.41, 5.74) is 7.52. The zero-order valence-electron chi connectivity index (χ0n) is 16.8. The minimum atomic E-state index is -1.19. The molecule has 2 aliphatic rings. The molecule has 0 atom stereocenters. The number of rotatable bonds is 4. The SMILES string of the molecule is N=C(c1ccc(C(=O)N2CCN(C(=O)C3(O)CCC3)CC2)cc1)c1ccccc1N. The van der Waals surface area contributed by atoms with Crippen LogP contribution in [0.25, 0.3) is 0 Å². The van der Waals surface area contributed by atoms with Gasteiger partial charge in [-0.05, 0) is 37.5 Å². The number of aliphatic hydroxyl groups is 1. The number of nitrogens with two attached hydrogens (primary N) is 1. The van der Waals surface area contributed by atoms with E-state index >= 15 is 0 Å². The molecule has 30 heavy (non-hydrogen) atoms. The van der Waals surface area contributed by atoms with Gasteiger partial charge in [0.05, 0.1) is 5.71 Å². The van der Waals surface area contributed by atoms with Crippen molar-refractivity contribution in [2.45, 2.75) is 24.9 Å². The standard InChI is InChI=1S/C23H26N4O3/c24-19-5-2-1-4-18(19)20(25)16-6-8-17(9-7-16)21(28)26-12-14-27(15-13-26)22(29)23(30)10-3-11-23/h1-2,4-9,25,30H,3,10-15,24H2. The number of hydrogen-bond acceptors (Lipinski definition) is 5. The van der Waals surface area contributed by atoms with Crippen LogP contribution in [0.4, 0.5) is 5.69 Å². The number of para-hydroxylation sites is 1. The van der Waals surface area contributed by atoms with Crippen LogP contribution >= 0.6 is 0 Å². The summed E-state index contributed by atoms with van der Waals surface area (Å²) in [4.78, 5) is 28.7. The predicted molar refractivity (Wildman–Crippen MR) is 115 cm³/mol. The highest BCUT2D eigenvalue weighted by Crippen LogP contribution is 2.33. The van der Waals surface area contributed by atoms with Gasteiger partial charge in [-0.15, -0.1) is 0 Å². The second kappa shape index (κ2) is 7.91. The molecular formula is C23H26N4O3. The zero-order valence-corrected chi connectivity index (χ0v) is 16.8. The predicted octanol–water partition coefficient (Wildman–Crippen LogP) is 1.88. The fourth-order valence-corrected chi connectivity index (χ4v) is 3.97. The molecule has 1 saturated heterocycles. The molecule has 7 nitrogen and oxygen atoms in total. The van der Waals surface area contributed by atoms with Crippen molar-refractivity contribution in [3.05, 3.63) is 65.2 Å². The Morgan fingerprint density at radius 2 is 1.47 bits per heavy atom. The van der Waals surface area contributed by atoms with Crippen molar-refractivity contribution in [3.8, 4) is 0 Å². The van der Waals surface area contributed by atoms with Gasteiger partial charge in [0.2, 0.25) is 0 Å². The number of nitrogens with zero attached hydrogens (tertiary/aromatic N) is 2.